The lowest BCUT2D eigenvalue weighted by Crippen LogP contribution is -2.57. The standard InChI is InChI=1S/C19H32N4O3S/c1-5-22(6-2)27(25,26)23-13-11-21(12-14-23)17(4)19(24)20-15-18-9-7-16(3)8-10-18/h7-10,17H,5-6,11-15H2,1-4H3,(H,20,24). The number of carbonyl (C=O) groups excluding carboxylic acids is 1. The van der Waals surface area contributed by atoms with Gasteiger partial charge in [-0.15, -0.1) is 0 Å². The zero-order valence-electron chi connectivity index (χ0n) is 16.8. The van der Waals surface area contributed by atoms with Crippen LogP contribution in [-0.2, 0) is 21.5 Å². The van der Waals surface area contributed by atoms with E-state index >= 15 is 0 Å². The summed E-state index contributed by atoms with van der Waals surface area (Å²) in [7, 11) is -3.40. The molecule has 1 N–H and O–H groups in total. The third kappa shape index (κ3) is 5.51. The first-order valence-corrected chi connectivity index (χ1v) is 11.0. The van der Waals surface area contributed by atoms with Crippen molar-refractivity contribution in [2.24, 2.45) is 0 Å². The van der Waals surface area contributed by atoms with Crippen molar-refractivity contribution in [3.63, 3.8) is 0 Å². The van der Waals surface area contributed by atoms with Crippen molar-refractivity contribution in [1.29, 1.82) is 0 Å². The number of piperazine rings is 1. The number of rotatable bonds is 8. The molecule has 0 aliphatic carbocycles. The minimum absolute atomic E-state index is 0.0318. The fraction of sp³-hybridized carbons (Fsp3) is 0.632. The van der Waals surface area contributed by atoms with Gasteiger partial charge in [0.2, 0.25) is 5.91 Å². The second kappa shape index (κ2) is 9.64. The maximum atomic E-state index is 12.6. The molecule has 0 radical (unpaired) electrons. The summed E-state index contributed by atoms with van der Waals surface area (Å²) in [4.78, 5) is 14.5. The van der Waals surface area contributed by atoms with Crippen molar-refractivity contribution >= 4 is 16.1 Å². The summed E-state index contributed by atoms with van der Waals surface area (Å²) < 4.78 is 28.2. The van der Waals surface area contributed by atoms with E-state index in [1.54, 1.807) is 0 Å². The van der Waals surface area contributed by atoms with Gasteiger partial charge < -0.3 is 5.32 Å². The Labute approximate surface area is 163 Å². The molecule has 1 aliphatic rings. The molecule has 1 fully saturated rings. The Morgan fingerprint density at radius 3 is 2.19 bits per heavy atom. The van der Waals surface area contributed by atoms with Crippen LogP contribution >= 0.6 is 0 Å². The number of amides is 1. The summed E-state index contributed by atoms with van der Waals surface area (Å²) in [6, 6.07) is 7.79. The highest BCUT2D eigenvalue weighted by Gasteiger charge is 2.33. The molecule has 1 aromatic carbocycles. The minimum Gasteiger partial charge on any atom is -0.351 e. The van der Waals surface area contributed by atoms with Crippen LogP contribution in [0.2, 0.25) is 0 Å². The Kier molecular flexibility index (Phi) is 7.79. The summed E-state index contributed by atoms with van der Waals surface area (Å²) in [6.45, 7) is 11.0. The van der Waals surface area contributed by atoms with Crippen molar-refractivity contribution in [3.05, 3.63) is 35.4 Å². The third-order valence-corrected chi connectivity index (χ3v) is 7.33. The maximum absolute atomic E-state index is 12.6. The summed E-state index contributed by atoms with van der Waals surface area (Å²) in [6.07, 6.45) is 0. The van der Waals surface area contributed by atoms with Gasteiger partial charge in [0.25, 0.3) is 10.2 Å². The van der Waals surface area contributed by atoms with Crippen LogP contribution in [0, 0.1) is 6.92 Å². The van der Waals surface area contributed by atoms with Crippen LogP contribution in [-0.4, -0.2) is 73.1 Å². The smallest absolute Gasteiger partial charge is 0.282 e. The number of nitrogens with one attached hydrogen (secondary N) is 1. The number of carbonyl (C=O) groups is 1. The van der Waals surface area contributed by atoms with Crippen LogP contribution in [0.4, 0.5) is 0 Å². The summed E-state index contributed by atoms with van der Waals surface area (Å²) in [5.41, 5.74) is 2.26. The molecule has 0 aromatic heterocycles. The van der Waals surface area contributed by atoms with Crippen LogP contribution in [0.1, 0.15) is 31.9 Å². The maximum Gasteiger partial charge on any atom is 0.282 e. The molecule has 0 spiro atoms. The first kappa shape index (κ1) is 21.8. The zero-order chi connectivity index (χ0) is 20.0. The van der Waals surface area contributed by atoms with E-state index in [2.05, 4.69) is 5.32 Å². The molecule has 1 saturated heterocycles. The van der Waals surface area contributed by atoms with E-state index in [0.29, 0.717) is 45.8 Å². The molecular weight excluding hydrogens is 364 g/mol. The summed E-state index contributed by atoms with van der Waals surface area (Å²) in [5.74, 6) is -0.0318. The third-order valence-electron chi connectivity index (χ3n) is 5.15. The van der Waals surface area contributed by atoms with E-state index in [9.17, 15) is 13.2 Å². The van der Waals surface area contributed by atoms with Crippen LogP contribution in [0.25, 0.3) is 0 Å². The van der Waals surface area contributed by atoms with Crippen molar-refractivity contribution in [3.8, 4) is 0 Å². The second-order valence-corrected chi connectivity index (χ2v) is 8.83. The fourth-order valence-electron chi connectivity index (χ4n) is 3.24. The van der Waals surface area contributed by atoms with E-state index in [0.717, 1.165) is 5.56 Å². The monoisotopic (exact) mass is 396 g/mol. The number of hydrogen-bond donors (Lipinski definition) is 1. The average molecular weight is 397 g/mol. The van der Waals surface area contributed by atoms with Crippen molar-refractivity contribution in [2.75, 3.05) is 39.3 Å². The van der Waals surface area contributed by atoms with Crippen LogP contribution < -0.4 is 5.32 Å². The van der Waals surface area contributed by atoms with Crippen LogP contribution in [0.3, 0.4) is 0 Å². The van der Waals surface area contributed by atoms with E-state index in [-0.39, 0.29) is 11.9 Å². The second-order valence-electron chi connectivity index (χ2n) is 6.91. The number of benzene rings is 1. The normalized spacial score (nSPS) is 17.8. The largest absolute Gasteiger partial charge is 0.351 e. The molecule has 8 heteroatoms. The number of aryl methyl sites for hydroxylation is 1. The lowest BCUT2D eigenvalue weighted by atomic mass is 10.1. The SMILES string of the molecule is CCN(CC)S(=O)(=O)N1CCN(C(C)C(=O)NCc2ccc(C)cc2)CC1. The molecule has 0 saturated carbocycles. The van der Waals surface area contributed by atoms with Gasteiger partial charge in [0.05, 0.1) is 6.04 Å². The van der Waals surface area contributed by atoms with Gasteiger partial charge >= 0.3 is 0 Å². The molecule has 1 heterocycles. The molecule has 27 heavy (non-hydrogen) atoms. The van der Waals surface area contributed by atoms with E-state index in [1.807, 2.05) is 56.9 Å². The zero-order valence-corrected chi connectivity index (χ0v) is 17.6. The highest BCUT2D eigenvalue weighted by atomic mass is 32.2. The van der Waals surface area contributed by atoms with Gasteiger partial charge in [-0.2, -0.15) is 17.0 Å². The molecule has 1 amide bonds. The van der Waals surface area contributed by atoms with Gasteiger partial charge in [0.15, 0.2) is 0 Å². The Morgan fingerprint density at radius 2 is 1.67 bits per heavy atom. The molecule has 0 bridgehead atoms. The lowest BCUT2D eigenvalue weighted by Gasteiger charge is -2.38. The van der Waals surface area contributed by atoms with E-state index in [1.165, 1.54) is 14.2 Å². The predicted octanol–water partition coefficient (Wildman–Crippen LogP) is 1.20. The minimum atomic E-state index is -3.40. The van der Waals surface area contributed by atoms with Gasteiger partial charge in [0, 0.05) is 45.8 Å². The van der Waals surface area contributed by atoms with Gasteiger partial charge in [0.1, 0.15) is 0 Å². The molecular formula is C19H32N4O3S. The molecule has 1 unspecified atom stereocenters. The Hall–Kier alpha value is -1.48. The lowest BCUT2D eigenvalue weighted by molar-refractivity contribution is -0.126. The van der Waals surface area contributed by atoms with Gasteiger partial charge in [-0.05, 0) is 19.4 Å². The van der Waals surface area contributed by atoms with Crippen LogP contribution in [0.15, 0.2) is 24.3 Å². The number of nitrogens with zero attached hydrogens (tertiary/aromatic N) is 3. The molecule has 2 rings (SSSR count). The van der Waals surface area contributed by atoms with E-state index < -0.39 is 10.2 Å². The number of hydrogen-bond acceptors (Lipinski definition) is 4. The molecule has 1 aromatic rings. The Bertz CT molecular complexity index is 709. The Morgan fingerprint density at radius 1 is 1.11 bits per heavy atom. The summed E-state index contributed by atoms with van der Waals surface area (Å²) in [5, 5.41) is 2.97. The Balaban J connectivity index is 1.85. The molecule has 1 atom stereocenters. The quantitative estimate of drug-likeness (QED) is 0.717. The van der Waals surface area contributed by atoms with Gasteiger partial charge in [-0.25, -0.2) is 0 Å². The van der Waals surface area contributed by atoms with Gasteiger partial charge in [-0.1, -0.05) is 43.7 Å². The topological polar surface area (TPSA) is 73.0 Å². The molecule has 7 nitrogen and oxygen atoms in total. The first-order chi connectivity index (χ1) is 12.8. The van der Waals surface area contributed by atoms with Gasteiger partial charge in [-0.3, -0.25) is 9.69 Å². The average Bonchev–Trinajstić information content (AvgIpc) is 2.67. The predicted molar refractivity (Wildman–Crippen MR) is 107 cm³/mol. The van der Waals surface area contributed by atoms with E-state index in [4.69, 9.17) is 0 Å². The highest BCUT2D eigenvalue weighted by molar-refractivity contribution is 7.86. The van der Waals surface area contributed by atoms with Crippen molar-refractivity contribution in [1.82, 2.24) is 18.8 Å². The first-order valence-electron chi connectivity index (χ1n) is 9.62. The van der Waals surface area contributed by atoms with Crippen molar-refractivity contribution in [2.45, 2.75) is 40.3 Å². The highest BCUT2D eigenvalue weighted by Crippen LogP contribution is 2.14. The molecule has 1 aliphatic heterocycles. The summed E-state index contributed by atoms with van der Waals surface area (Å²) >= 11 is 0. The fourth-order valence-corrected chi connectivity index (χ4v) is 4.85. The van der Waals surface area contributed by atoms with Crippen molar-refractivity contribution < 1.29 is 13.2 Å². The van der Waals surface area contributed by atoms with Crippen LogP contribution in [0.5, 0.6) is 0 Å². The molecule has 152 valence electrons.